The maximum absolute atomic E-state index is 12.8. The second-order valence-corrected chi connectivity index (χ2v) is 3.42. The van der Waals surface area contributed by atoms with Crippen LogP contribution in [0.25, 0.3) is 0 Å². The lowest BCUT2D eigenvalue weighted by Crippen LogP contribution is -1.93. The highest BCUT2D eigenvalue weighted by molar-refractivity contribution is 9.10. The van der Waals surface area contributed by atoms with Gasteiger partial charge in [0.15, 0.2) is 11.6 Å². The first kappa shape index (κ1) is 9.48. The number of rotatable bonds is 1. The minimum atomic E-state index is -0.878. The van der Waals surface area contributed by atoms with Gasteiger partial charge in [-0.1, -0.05) is 15.9 Å². The Morgan fingerprint density at radius 3 is 2.58 bits per heavy atom. The van der Waals surface area contributed by atoms with Crippen molar-refractivity contribution in [2.75, 3.05) is 0 Å². The molecule has 2 nitrogen and oxygen atoms in total. The molecule has 4 heteroatoms. The average molecular weight is 235 g/mol. The summed E-state index contributed by atoms with van der Waals surface area (Å²) < 4.78 is 13.3. The first-order chi connectivity index (χ1) is 5.52. The predicted octanol–water partition coefficient (Wildman–Crippen LogP) is 2.35. The Labute approximate surface area is 77.8 Å². The van der Waals surface area contributed by atoms with Crippen LogP contribution in [0.1, 0.15) is 18.6 Å². The number of aromatic hydroxyl groups is 1. The van der Waals surface area contributed by atoms with E-state index in [-0.39, 0.29) is 5.56 Å². The molecule has 1 rings (SSSR count). The quantitative estimate of drug-likeness (QED) is 0.784. The molecule has 0 saturated heterocycles. The third kappa shape index (κ3) is 1.76. The molecule has 0 bridgehead atoms. The number of hydrogen-bond donors (Lipinski definition) is 2. The number of phenolic OH excluding ortho intramolecular Hbond substituents is 1. The van der Waals surface area contributed by atoms with Crippen molar-refractivity contribution in [1.29, 1.82) is 0 Å². The summed E-state index contributed by atoms with van der Waals surface area (Å²) >= 11 is 3.05. The fourth-order valence-corrected chi connectivity index (χ4v) is 1.35. The van der Waals surface area contributed by atoms with Crippen molar-refractivity contribution in [2.24, 2.45) is 0 Å². The Bertz CT molecular complexity index is 299. The van der Waals surface area contributed by atoms with E-state index in [9.17, 15) is 4.39 Å². The maximum atomic E-state index is 12.8. The van der Waals surface area contributed by atoms with E-state index in [4.69, 9.17) is 10.2 Å². The molecular weight excluding hydrogens is 227 g/mol. The van der Waals surface area contributed by atoms with Crippen molar-refractivity contribution in [3.63, 3.8) is 0 Å². The molecule has 0 saturated carbocycles. The van der Waals surface area contributed by atoms with E-state index < -0.39 is 17.7 Å². The molecule has 66 valence electrons. The van der Waals surface area contributed by atoms with Gasteiger partial charge in [0, 0.05) is 10.0 Å². The van der Waals surface area contributed by atoms with Crippen molar-refractivity contribution in [1.82, 2.24) is 0 Å². The van der Waals surface area contributed by atoms with Crippen LogP contribution in [0.5, 0.6) is 5.75 Å². The molecule has 2 N–H and O–H groups in total. The molecule has 0 aliphatic carbocycles. The molecule has 1 aromatic rings. The lowest BCUT2D eigenvalue weighted by Gasteiger charge is -2.08. The molecule has 1 atom stereocenters. The van der Waals surface area contributed by atoms with E-state index in [0.29, 0.717) is 4.47 Å². The van der Waals surface area contributed by atoms with Crippen LogP contribution in [0.15, 0.2) is 16.6 Å². The van der Waals surface area contributed by atoms with Crippen molar-refractivity contribution >= 4 is 15.9 Å². The van der Waals surface area contributed by atoms with Gasteiger partial charge in [0.1, 0.15) is 0 Å². The highest BCUT2D eigenvalue weighted by Crippen LogP contribution is 2.30. The second kappa shape index (κ2) is 3.41. The Kier molecular flexibility index (Phi) is 2.69. The lowest BCUT2D eigenvalue weighted by molar-refractivity contribution is 0.193. The molecule has 0 radical (unpaired) electrons. The monoisotopic (exact) mass is 234 g/mol. The Balaban J connectivity index is 3.28. The Morgan fingerprint density at radius 1 is 1.50 bits per heavy atom. The van der Waals surface area contributed by atoms with Gasteiger partial charge in [-0.05, 0) is 19.1 Å². The maximum Gasteiger partial charge on any atom is 0.166 e. The normalized spacial score (nSPS) is 13.0. The first-order valence-electron chi connectivity index (χ1n) is 3.38. The zero-order chi connectivity index (χ0) is 9.30. The summed E-state index contributed by atoms with van der Waals surface area (Å²) in [6, 6.07) is 2.62. The van der Waals surface area contributed by atoms with E-state index >= 15 is 0 Å². The smallest absolute Gasteiger partial charge is 0.166 e. The molecule has 0 heterocycles. The molecule has 0 aliphatic heterocycles. The van der Waals surface area contributed by atoms with Crippen LogP contribution in [0.4, 0.5) is 4.39 Å². The summed E-state index contributed by atoms with van der Waals surface area (Å²) in [6.07, 6.45) is -0.878. The fraction of sp³-hybridized carbons (Fsp3) is 0.250. The van der Waals surface area contributed by atoms with Gasteiger partial charge in [-0.15, -0.1) is 0 Å². The second-order valence-electron chi connectivity index (χ2n) is 2.50. The van der Waals surface area contributed by atoms with Crippen LogP contribution in [-0.4, -0.2) is 10.2 Å². The standard InChI is InChI=1S/C8H8BrFO2/c1-4(11)6-2-5(9)3-7(10)8(6)12/h2-4,11-12H,1H3. The van der Waals surface area contributed by atoms with Crippen LogP contribution >= 0.6 is 15.9 Å². The first-order valence-corrected chi connectivity index (χ1v) is 4.17. The highest BCUT2D eigenvalue weighted by atomic mass is 79.9. The zero-order valence-electron chi connectivity index (χ0n) is 6.38. The largest absolute Gasteiger partial charge is 0.505 e. The van der Waals surface area contributed by atoms with Crippen molar-refractivity contribution in [3.8, 4) is 5.75 Å². The molecule has 0 fully saturated rings. The van der Waals surface area contributed by atoms with Crippen LogP contribution < -0.4 is 0 Å². The lowest BCUT2D eigenvalue weighted by atomic mass is 10.1. The minimum Gasteiger partial charge on any atom is -0.505 e. The SMILES string of the molecule is CC(O)c1cc(Br)cc(F)c1O. The number of halogens is 2. The third-order valence-corrected chi connectivity index (χ3v) is 1.97. The van der Waals surface area contributed by atoms with E-state index in [1.54, 1.807) is 0 Å². The van der Waals surface area contributed by atoms with Crippen molar-refractivity contribution < 1.29 is 14.6 Å². The van der Waals surface area contributed by atoms with E-state index in [0.717, 1.165) is 6.07 Å². The molecular formula is C8H8BrFO2. The average Bonchev–Trinajstić information content (AvgIpc) is 1.96. The summed E-state index contributed by atoms with van der Waals surface area (Å²) in [7, 11) is 0. The van der Waals surface area contributed by atoms with Crippen molar-refractivity contribution in [3.05, 3.63) is 28.0 Å². The zero-order valence-corrected chi connectivity index (χ0v) is 7.97. The fourth-order valence-electron chi connectivity index (χ4n) is 0.904. The van der Waals surface area contributed by atoms with Crippen molar-refractivity contribution in [2.45, 2.75) is 13.0 Å². The van der Waals surface area contributed by atoms with Gasteiger partial charge in [0.25, 0.3) is 0 Å². The van der Waals surface area contributed by atoms with Gasteiger partial charge in [-0.2, -0.15) is 0 Å². The van der Waals surface area contributed by atoms with Gasteiger partial charge in [-0.3, -0.25) is 0 Å². The van der Waals surface area contributed by atoms with Gasteiger partial charge in [-0.25, -0.2) is 4.39 Å². The molecule has 12 heavy (non-hydrogen) atoms. The number of benzene rings is 1. The molecule has 0 amide bonds. The van der Waals surface area contributed by atoms with Crippen LogP contribution in [0, 0.1) is 5.82 Å². The van der Waals surface area contributed by atoms with Gasteiger partial charge < -0.3 is 10.2 Å². The third-order valence-electron chi connectivity index (χ3n) is 1.51. The summed E-state index contributed by atoms with van der Waals surface area (Å²) in [5, 5.41) is 18.2. The highest BCUT2D eigenvalue weighted by Gasteiger charge is 2.12. The van der Waals surface area contributed by atoms with Crippen LogP contribution in [0.2, 0.25) is 0 Å². The number of hydrogen-bond acceptors (Lipinski definition) is 2. The summed E-state index contributed by atoms with van der Waals surface area (Å²) in [5.74, 6) is -1.23. The number of aliphatic hydroxyl groups excluding tert-OH is 1. The molecule has 1 unspecified atom stereocenters. The summed E-state index contributed by atoms with van der Waals surface area (Å²) in [6.45, 7) is 1.46. The number of phenols is 1. The molecule has 0 spiro atoms. The summed E-state index contributed by atoms with van der Waals surface area (Å²) in [5.41, 5.74) is 0.182. The van der Waals surface area contributed by atoms with Crippen LogP contribution in [-0.2, 0) is 0 Å². The van der Waals surface area contributed by atoms with E-state index in [2.05, 4.69) is 15.9 Å². The minimum absolute atomic E-state index is 0.182. The van der Waals surface area contributed by atoms with Gasteiger partial charge >= 0.3 is 0 Å². The predicted molar refractivity (Wildman–Crippen MR) is 46.4 cm³/mol. The topological polar surface area (TPSA) is 40.5 Å². The van der Waals surface area contributed by atoms with Gasteiger partial charge in [0.2, 0.25) is 0 Å². The molecule has 0 aromatic heterocycles. The van der Waals surface area contributed by atoms with Crippen LogP contribution in [0.3, 0.4) is 0 Å². The Hall–Kier alpha value is -0.610. The van der Waals surface area contributed by atoms with E-state index in [1.165, 1.54) is 13.0 Å². The summed E-state index contributed by atoms with van der Waals surface area (Å²) in [4.78, 5) is 0. The molecule has 0 aliphatic rings. The number of aliphatic hydroxyl groups is 1. The van der Waals surface area contributed by atoms with Gasteiger partial charge in [0.05, 0.1) is 6.10 Å². The Morgan fingerprint density at radius 2 is 2.08 bits per heavy atom. The van der Waals surface area contributed by atoms with E-state index in [1.807, 2.05) is 0 Å². The molecule has 1 aromatic carbocycles.